The second kappa shape index (κ2) is 6.22. The van der Waals surface area contributed by atoms with Gasteiger partial charge in [-0.05, 0) is 6.42 Å². The molecule has 0 amide bonds. The van der Waals surface area contributed by atoms with E-state index < -0.39 is 0 Å². The summed E-state index contributed by atoms with van der Waals surface area (Å²) in [6, 6.07) is 0. The van der Waals surface area contributed by atoms with Gasteiger partial charge in [-0.2, -0.15) is 0 Å². The first kappa shape index (κ1) is 15.4. The monoisotopic (exact) mass is 295 g/mol. The van der Waals surface area contributed by atoms with Crippen molar-refractivity contribution in [2.24, 2.45) is 11.1 Å². The SMILES string of the molecule is CCC1CN(Cc2nc(C(C)(C)C)cs2)CCC1=NO. The van der Waals surface area contributed by atoms with Crippen LogP contribution in [0.25, 0.3) is 0 Å². The molecule has 1 aromatic heterocycles. The van der Waals surface area contributed by atoms with Gasteiger partial charge in [0.15, 0.2) is 0 Å². The Balaban J connectivity index is 1.99. The lowest BCUT2D eigenvalue weighted by molar-refractivity contribution is 0.220. The van der Waals surface area contributed by atoms with Gasteiger partial charge in [0.05, 0.1) is 18.0 Å². The van der Waals surface area contributed by atoms with Crippen LogP contribution in [0.1, 0.15) is 51.2 Å². The van der Waals surface area contributed by atoms with Gasteiger partial charge in [-0.1, -0.05) is 32.9 Å². The summed E-state index contributed by atoms with van der Waals surface area (Å²) in [6.45, 7) is 11.6. The topological polar surface area (TPSA) is 48.7 Å². The number of thiazole rings is 1. The van der Waals surface area contributed by atoms with Crippen molar-refractivity contribution >= 4 is 17.0 Å². The molecule has 2 rings (SSSR count). The van der Waals surface area contributed by atoms with Crippen LogP contribution in [0, 0.1) is 5.92 Å². The lowest BCUT2D eigenvalue weighted by atomic mass is 9.93. The number of oxime groups is 1. The van der Waals surface area contributed by atoms with Gasteiger partial charge in [0.1, 0.15) is 5.01 Å². The highest BCUT2D eigenvalue weighted by Gasteiger charge is 2.25. The fraction of sp³-hybridized carbons (Fsp3) is 0.733. The summed E-state index contributed by atoms with van der Waals surface area (Å²) in [5, 5.41) is 15.8. The number of aromatic nitrogens is 1. The summed E-state index contributed by atoms with van der Waals surface area (Å²) in [7, 11) is 0. The Morgan fingerprint density at radius 2 is 2.25 bits per heavy atom. The Labute approximate surface area is 125 Å². The van der Waals surface area contributed by atoms with Crippen LogP contribution in [0.4, 0.5) is 0 Å². The van der Waals surface area contributed by atoms with Crippen molar-refractivity contribution in [1.82, 2.24) is 9.88 Å². The van der Waals surface area contributed by atoms with Crippen molar-refractivity contribution in [3.8, 4) is 0 Å². The van der Waals surface area contributed by atoms with E-state index in [9.17, 15) is 0 Å². The largest absolute Gasteiger partial charge is 0.411 e. The fourth-order valence-electron chi connectivity index (χ4n) is 2.54. The first-order valence-corrected chi connectivity index (χ1v) is 8.20. The van der Waals surface area contributed by atoms with E-state index in [1.165, 1.54) is 10.7 Å². The maximum Gasteiger partial charge on any atom is 0.107 e. The Kier molecular flexibility index (Phi) is 4.81. The molecule has 4 nitrogen and oxygen atoms in total. The van der Waals surface area contributed by atoms with E-state index in [0.717, 1.165) is 38.2 Å². The van der Waals surface area contributed by atoms with E-state index in [4.69, 9.17) is 10.2 Å². The van der Waals surface area contributed by atoms with Crippen LogP contribution in [-0.2, 0) is 12.0 Å². The molecule has 5 heteroatoms. The number of likely N-dealkylation sites (tertiary alicyclic amines) is 1. The molecule has 0 spiro atoms. The van der Waals surface area contributed by atoms with Gasteiger partial charge in [0.25, 0.3) is 0 Å². The molecule has 0 bridgehead atoms. The van der Waals surface area contributed by atoms with E-state index in [0.29, 0.717) is 5.92 Å². The molecule has 1 aromatic rings. The van der Waals surface area contributed by atoms with Gasteiger partial charge >= 0.3 is 0 Å². The minimum Gasteiger partial charge on any atom is -0.411 e. The van der Waals surface area contributed by atoms with Crippen molar-refractivity contribution in [3.05, 3.63) is 16.1 Å². The number of hydrogen-bond acceptors (Lipinski definition) is 5. The molecule has 1 fully saturated rings. The first-order chi connectivity index (χ1) is 9.44. The molecule has 0 radical (unpaired) electrons. The fourth-order valence-corrected chi connectivity index (χ4v) is 3.61. The summed E-state index contributed by atoms with van der Waals surface area (Å²) in [4.78, 5) is 7.19. The quantitative estimate of drug-likeness (QED) is 0.686. The summed E-state index contributed by atoms with van der Waals surface area (Å²) in [5.41, 5.74) is 2.26. The molecule has 1 saturated heterocycles. The van der Waals surface area contributed by atoms with Crippen LogP contribution in [0.3, 0.4) is 0 Å². The Bertz CT molecular complexity index is 476. The second-order valence-corrected chi connectivity index (χ2v) is 7.50. The Morgan fingerprint density at radius 3 is 2.80 bits per heavy atom. The van der Waals surface area contributed by atoms with Crippen LogP contribution >= 0.6 is 11.3 Å². The number of rotatable bonds is 3. The average molecular weight is 295 g/mol. The minimum absolute atomic E-state index is 0.124. The third-order valence-electron chi connectivity index (χ3n) is 3.93. The molecule has 0 saturated carbocycles. The van der Waals surface area contributed by atoms with Gasteiger partial charge in [-0.15, -0.1) is 11.3 Å². The number of hydrogen-bond donors (Lipinski definition) is 1. The second-order valence-electron chi connectivity index (χ2n) is 6.56. The van der Waals surface area contributed by atoms with Crippen molar-refractivity contribution in [2.75, 3.05) is 13.1 Å². The molecule has 0 aliphatic carbocycles. The Morgan fingerprint density at radius 1 is 1.50 bits per heavy atom. The van der Waals surface area contributed by atoms with Gasteiger partial charge in [0.2, 0.25) is 0 Å². The van der Waals surface area contributed by atoms with Crippen LogP contribution < -0.4 is 0 Å². The van der Waals surface area contributed by atoms with Gasteiger partial charge in [0, 0.05) is 36.2 Å². The van der Waals surface area contributed by atoms with Crippen LogP contribution in [-0.4, -0.2) is 33.9 Å². The van der Waals surface area contributed by atoms with Crippen molar-refractivity contribution in [1.29, 1.82) is 0 Å². The van der Waals surface area contributed by atoms with Crippen LogP contribution in [0.15, 0.2) is 10.5 Å². The summed E-state index contributed by atoms with van der Waals surface area (Å²) in [6.07, 6.45) is 1.90. The molecule has 2 heterocycles. The maximum absolute atomic E-state index is 9.02. The summed E-state index contributed by atoms with van der Waals surface area (Å²) >= 11 is 1.75. The lowest BCUT2D eigenvalue weighted by Crippen LogP contribution is -2.40. The molecule has 112 valence electrons. The Hall–Kier alpha value is -0.940. The molecule has 1 atom stereocenters. The van der Waals surface area contributed by atoms with E-state index in [1.54, 1.807) is 11.3 Å². The zero-order valence-corrected chi connectivity index (χ0v) is 13.7. The predicted octanol–water partition coefficient (Wildman–Crippen LogP) is 3.50. The van der Waals surface area contributed by atoms with Gasteiger partial charge in [-0.3, -0.25) is 4.90 Å². The van der Waals surface area contributed by atoms with Crippen molar-refractivity contribution in [3.63, 3.8) is 0 Å². The highest BCUT2D eigenvalue weighted by atomic mass is 32.1. The highest BCUT2D eigenvalue weighted by Crippen LogP contribution is 2.26. The normalized spacial score (nSPS) is 23.4. The maximum atomic E-state index is 9.02. The number of piperidine rings is 1. The smallest absolute Gasteiger partial charge is 0.107 e. The number of nitrogens with zero attached hydrogens (tertiary/aromatic N) is 3. The molecule has 20 heavy (non-hydrogen) atoms. The standard InChI is InChI=1S/C15H25N3OS/c1-5-11-8-18(7-6-12(11)17-19)9-14-16-13(10-20-14)15(2,3)4/h10-11,19H,5-9H2,1-4H3. The summed E-state index contributed by atoms with van der Waals surface area (Å²) in [5.74, 6) is 0.385. The van der Waals surface area contributed by atoms with Crippen molar-refractivity contribution < 1.29 is 5.21 Å². The van der Waals surface area contributed by atoms with E-state index in [1.807, 2.05) is 0 Å². The van der Waals surface area contributed by atoms with Gasteiger partial charge in [-0.25, -0.2) is 4.98 Å². The third-order valence-corrected chi connectivity index (χ3v) is 4.77. The van der Waals surface area contributed by atoms with E-state index >= 15 is 0 Å². The first-order valence-electron chi connectivity index (χ1n) is 7.32. The average Bonchev–Trinajstić information content (AvgIpc) is 2.87. The minimum atomic E-state index is 0.124. The molecule has 0 aromatic carbocycles. The third kappa shape index (κ3) is 3.58. The predicted molar refractivity (Wildman–Crippen MR) is 83.7 cm³/mol. The molecule has 1 unspecified atom stereocenters. The lowest BCUT2D eigenvalue weighted by Gasteiger charge is -2.32. The molecule has 1 aliphatic rings. The highest BCUT2D eigenvalue weighted by molar-refractivity contribution is 7.09. The molecular weight excluding hydrogens is 270 g/mol. The summed E-state index contributed by atoms with van der Waals surface area (Å²) < 4.78 is 0. The zero-order chi connectivity index (χ0) is 14.8. The van der Waals surface area contributed by atoms with Crippen LogP contribution in [0.2, 0.25) is 0 Å². The van der Waals surface area contributed by atoms with Gasteiger partial charge < -0.3 is 5.21 Å². The van der Waals surface area contributed by atoms with E-state index in [-0.39, 0.29) is 5.41 Å². The molecule has 1 N–H and O–H groups in total. The molecule has 1 aliphatic heterocycles. The van der Waals surface area contributed by atoms with E-state index in [2.05, 4.69) is 43.1 Å². The molecular formula is C15H25N3OS. The van der Waals surface area contributed by atoms with Crippen LogP contribution in [0.5, 0.6) is 0 Å². The zero-order valence-electron chi connectivity index (χ0n) is 12.9. The van der Waals surface area contributed by atoms with Crippen molar-refractivity contribution in [2.45, 2.75) is 52.5 Å².